The van der Waals surface area contributed by atoms with E-state index in [0.29, 0.717) is 12.0 Å². The van der Waals surface area contributed by atoms with Gasteiger partial charge in [-0.3, -0.25) is 4.90 Å². The first-order valence-corrected chi connectivity index (χ1v) is 8.62. The van der Waals surface area contributed by atoms with Crippen LogP contribution in [-0.2, 0) is 11.3 Å². The van der Waals surface area contributed by atoms with E-state index < -0.39 is 0 Å². The minimum absolute atomic E-state index is 0.0176. The Morgan fingerprint density at radius 1 is 1.36 bits per heavy atom. The van der Waals surface area contributed by atoms with Gasteiger partial charge in [0.15, 0.2) is 0 Å². The molecule has 2 aliphatic rings. The molecule has 6 heteroatoms. The minimum Gasteiger partial charge on any atom is -0.371 e. The third-order valence-electron chi connectivity index (χ3n) is 4.46. The van der Waals surface area contributed by atoms with Crippen LogP contribution >= 0.6 is 11.3 Å². The number of hydrogen-bond donors (Lipinski definition) is 1. The summed E-state index contributed by atoms with van der Waals surface area (Å²) in [5, 5.41) is 5.53. The first-order valence-electron chi connectivity index (χ1n) is 7.74. The lowest BCUT2D eigenvalue weighted by molar-refractivity contribution is 0.0120. The Balaban J connectivity index is 1.34. The molecule has 2 fully saturated rings. The first kappa shape index (κ1) is 14.1. The lowest BCUT2D eigenvalue weighted by Gasteiger charge is -2.23. The smallest absolute Gasteiger partial charge is 0.222 e. The van der Waals surface area contributed by atoms with Gasteiger partial charge in [-0.25, -0.2) is 9.97 Å². The second kappa shape index (κ2) is 5.95. The maximum atomic E-state index is 6.18. The number of ether oxygens (including phenoxy) is 1. The van der Waals surface area contributed by atoms with Crippen molar-refractivity contribution in [2.75, 3.05) is 25.0 Å². The molecule has 5 nitrogen and oxygen atoms in total. The van der Waals surface area contributed by atoms with Gasteiger partial charge in [0, 0.05) is 43.3 Å². The Kier molecular flexibility index (Phi) is 3.82. The fraction of sp³-hybridized carbons (Fsp3) is 0.500. The predicted octanol–water partition coefficient (Wildman–Crippen LogP) is 2.38. The van der Waals surface area contributed by atoms with Crippen molar-refractivity contribution in [3.8, 4) is 0 Å². The zero-order valence-corrected chi connectivity index (χ0v) is 13.3. The maximum Gasteiger partial charge on any atom is 0.222 e. The molecule has 0 radical (unpaired) electrons. The Hall–Kier alpha value is -1.50. The molecular formula is C16H20N4OS. The fourth-order valence-corrected chi connectivity index (χ4v) is 4.21. The summed E-state index contributed by atoms with van der Waals surface area (Å²) in [5.74, 6) is 0.696. The van der Waals surface area contributed by atoms with Crippen molar-refractivity contribution < 1.29 is 4.74 Å². The molecule has 0 aromatic carbocycles. The van der Waals surface area contributed by atoms with Gasteiger partial charge in [0.05, 0.1) is 18.2 Å². The molecule has 0 unspecified atom stereocenters. The number of nitrogens with one attached hydrogen (secondary N) is 1. The van der Waals surface area contributed by atoms with Crippen molar-refractivity contribution in [2.24, 2.45) is 0 Å². The molecule has 0 saturated carbocycles. The van der Waals surface area contributed by atoms with Crippen molar-refractivity contribution in [1.29, 1.82) is 0 Å². The van der Waals surface area contributed by atoms with E-state index in [9.17, 15) is 0 Å². The van der Waals surface area contributed by atoms with Crippen LogP contribution in [0, 0.1) is 0 Å². The van der Waals surface area contributed by atoms with Gasteiger partial charge in [0.1, 0.15) is 0 Å². The second-order valence-corrected chi connectivity index (χ2v) is 7.18. The van der Waals surface area contributed by atoms with Gasteiger partial charge < -0.3 is 10.1 Å². The van der Waals surface area contributed by atoms with Crippen LogP contribution in [0.4, 0.5) is 5.95 Å². The predicted molar refractivity (Wildman–Crippen MR) is 87.0 cm³/mol. The topological polar surface area (TPSA) is 50.3 Å². The summed E-state index contributed by atoms with van der Waals surface area (Å²) in [6.45, 7) is 3.93. The lowest BCUT2D eigenvalue weighted by atomic mass is 9.97. The van der Waals surface area contributed by atoms with E-state index in [1.54, 1.807) is 12.4 Å². The van der Waals surface area contributed by atoms with Gasteiger partial charge in [-0.1, -0.05) is 6.07 Å². The Morgan fingerprint density at radius 2 is 2.27 bits per heavy atom. The molecule has 116 valence electrons. The number of aromatic nitrogens is 2. The minimum atomic E-state index is 0.0176. The number of likely N-dealkylation sites (tertiary alicyclic amines) is 1. The lowest BCUT2D eigenvalue weighted by Crippen LogP contribution is -2.33. The Morgan fingerprint density at radius 3 is 3.09 bits per heavy atom. The SMILES string of the molecule is c1cnc(N[C@H]2CO[C@@]3(CCN(Cc4cccs4)C3)C2)nc1. The van der Waals surface area contributed by atoms with Crippen LogP contribution in [0.25, 0.3) is 0 Å². The number of nitrogens with zero attached hydrogens (tertiary/aromatic N) is 3. The third kappa shape index (κ3) is 2.99. The van der Waals surface area contributed by atoms with Crippen molar-refractivity contribution >= 4 is 17.3 Å². The summed E-state index contributed by atoms with van der Waals surface area (Å²) >= 11 is 1.83. The van der Waals surface area contributed by atoms with E-state index in [1.165, 1.54) is 4.88 Å². The highest BCUT2D eigenvalue weighted by Crippen LogP contribution is 2.36. The molecule has 2 aromatic heterocycles. The number of hydrogen-bond acceptors (Lipinski definition) is 6. The summed E-state index contributed by atoms with van der Waals surface area (Å²) in [7, 11) is 0. The molecule has 0 aliphatic carbocycles. The molecule has 0 amide bonds. The molecular weight excluding hydrogens is 296 g/mol. The number of rotatable bonds is 4. The standard InChI is InChI=1S/C16H20N4OS/c1-3-14(22-8-1)10-20-7-4-16(12-20)9-13(11-21-16)19-15-17-5-2-6-18-15/h1-3,5-6,8,13H,4,7,9-12H2,(H,17,18,19)/t13-,16+/m1/s1. The molecule has 2 atom stereocenters. The van der Waals surface area contributed by atoms with Gasteiger partial charge >= 0.3 is 0 Å². The zero-order chi connectivity index (χ0) is 14.8. The van der Waals surface area contributed by atoms with E-state index in [2.05, 4.69) is 37.7 Å². The molecule has 2 aliphatic heterocycles. The van der Waals surface area contributed by atoms with Crippen molar-refractivity contribution in [1.82, 2.24) is 14.9 Å². The largest absolute Gasteiger partial charge is 0.371 e. The monoisotopic (exact) mass is 316 g/mol. The summed E-state index contributed by atoms with van der Waals surface area (Å²) in [6, 6.07) is 6.47. The van der Waals surface area contributed by atoms with Crippen molar-refractivity contribution in [2.45, 2.75) is 31.0 Å². The number of anilines is 1. The van der Waals surface area contributed by atoms with E-state index in [4.69, 9.17) is 4.74 Å². The summed E-state index contributed by atoms with van der Waals surface area (Å²) in [5.41, 5.74) is 0.0176. The highest BCUT2D eigenvalue weighted by Gasteiger charge is 2.45. The first-order chi connectivity index (χ1) is 10.8. The molecule has 22 heavy (non-hydrogen) atoms. The molecule has 2 saturated heterocycles. The molecule has 1 N–H and O–H groups in total. The Labute approximate surface area is 134 Å². The van der Waals surface area contributed by atoms with Crippen LogP contribution in [0.1, 0.15) is 17.7 Å². The molecule has 4 heterocycles. The van der Waals surface area contributed by atoms with Gasteiger partial charge in [-0.05, 0) is 23.9 Å². The van der Waals surface area contributed by atoms with E-state index in [0.717, 1.165) is 39.1 Å². The third-order valence-corrected chi connectivity index (χ3v) is 5.32. The molecule has 4 rings (SSSR count). The van der Waals surface area contributed by atoms with Gasteiger partial charge in [0.2, 0.25) is 5.95 Å². The molecule has 0 bridgehead atoms. The maximum absolute atomic E-state index is 6.18. The highest BCUT2D eigenvalue weighted by atomic mass is 32.1. The summed E-state index contributed by atoms with van der Waals surface area (Å²) in [6.07, 6.45) is 5.68. The molecule has 2 aromatic rings. The average molecular weight is 316 g/mol. The van der Waals surface area contributed by atoms with Crippen LogP contribution in [-0.4, -0.2) is 46.2 Å². The van der Waals surface area contributed by atoms with Crippen LogP contribution < -0.4 is 5.32 Å². The van der Waals surface area contributed by atoms with Crippen LogP contribution in [0.3, 0.4) is 0 Å². The van der Waals surface area contributed by atoms with E-state index >= 15 is 0 Å². The van der Waals surface area contributed by atoms with Gasteiger partial charge in [-0.2, -0.15) is 0 Å². The normalized spacial score (nSPS) is 28.5. The van der Waals surface area contributed by atoms with Crippen LogP contribution in [0.5, 0.6) is 0 Å². The van der Waals surface area contributed by atoms with Gasteiger partial charge in [0.25, 0.3) is 0 Å². The van der Waals surface area contributed by atoms with Crippen molar-refractivity contribution in [3.63, 3.8) is 0 Å². The quantitative estimate of drug-likeness (QED) is 0.938. The summed E-state index contributed by atoms with van der Waals surface area (Å²) in [4.78, 5) is 12.4. The van der Waals surface area contributed by atoms with Crippen molar-refractivity contribution in [3.05, 3.63) is 40.8 Å². The highest BCUT2D eigenvalue weighted by molar-refractivity contribution is 7.09. The second-order valence-electron chi connectivity index (χ2n) is 6.15. The number of thiophene rings is 1. The van der Waals surface area contributed by atoms with Crippen LogP contribution in [0.15, 0.2) is 36.0 Å². The van der Waals surface area contributed by atoms with E-state index in [-0.39, 0.29) is 5.60 Å². The van der Waals surface area contributed by atoms with Crippen LogP contribution in [0.2, 0.25) is 0 Å². The zero-order valence-electron chi connectivity index (χ0n) is 12.4. The Bertz CT molecular complexity index is 606. The average Bonchev–Trinajstić information content (AvgIpc) is 3.25. The fourth-order valence-electron chi connectivity index (χ4n) is 3.46. The molecule has 1 spiro atoms. The van der Waals surface area contributed by atoms with E-state index in [1.807, 2.05) is 17.4 Å². The summed E-state index contributed by atoms with van der Waals surface area (Å²) < 4.78 is 6.18. The van der Waals surface area contributed by atoms with Gasteiger partial charge in [-0.15, -0.1) is 11.3 Å².